The molecule has 1 aliphatic rings. The lowest BCUT2D eigenvalue weighted by Crippen LogP contribution is -2.39. The van der Waals surface area contributed by atoms with E-state index in [2.05, 4.69) is 5.92 Å². The molecule has 3 nitrogen and oxygen atoms in total. The Balaban J connectivity index is 1.90. The zero-order valence-electron chi connectivity index (χ0n) is 11.6. The van der Waals surface area contributed by atoms with E-state index >= 15 is 0 Å². The second-order valence-electron chi connectivity index (χ2n) is 5.08. The number of benzene rings is 1. The summed E-state index contributed by atoms with van der Waals surface area (Å²) < 4.78 is 18.3. The van der Waals surface area contributed by atoms with Gasteiger partial charge in [0.1, 0.15) is 12.4 Å². The van der Waals surface area contributed by atoms with Crippen LogP contribution in [-0.2, 0) is 4.74 Å². The van der Waals surface area contributed by atoms with Crippen molar-refractivity contribution < 1.29 is 13.9 Å². The van der Waals surface area contributed by atoms with Crippen LogP contribution in [0.25, 0.3) is 0 Å². The van der Waals surface area contributed by atoms with Crippen LogP contribution in [0.2, 0.25) is 5.02 Å². The molecule has 0 aromatic heterocycles. The van der Waals surface area contributed by atoms with Gasteiger partial charge in [-0.05, 0) is 37.0 Å². The number of rotatable bonds is 4. The molecular formula is C16H17ClFNO2. The van der Waals surface area contributed by atoms with Crippen LogP contribution in [0.4, 0.5) is 4.39 Å². The molecule has 5 heteroatoms. The summed E-state index contributed by atoms with van der Waals surface area (Å²) in [6, 6.07) is 3.84. The molecule has 21 heavy (non-hydrogen) atoms. The predicted molar refractivity (Wildman–Crippen MR) is 79.7 cm³/mol. The Morgan fingerprint density at radius 3 is 2.81 bits per heavy atom. The van der Waals surface area contributed by atoms with E-state index in [0.717, 1.165) is 18.9 Å². The third-order valence-corrected chi connectivity index (χ3v) is 3.91. The molecular weight excluding hydrogens is 293 g/mol. The summed E-state index contributed by atoms with van der Waals surface area (Å²) in [5.74, 6) is 2.26. The van der Waals surface area contributed by atoms with Gasteiger partial charge in [-0.25, -0.2) is 4.39 Å². The molecule has 0 N–H and O–H groups in total. The lowest BCUT2D eigenvalue weighted by atomic mass is 9.97. The van der Waals surface area contributed by atoms with Crippen molar-refractivity contribution in [3.8, 4) is 12.3 Å². The number of terminal acetylenes is 1. The molecule has 0 saturated carbocycles. The van der Waals surface area contributed by atoms with Crippen molar-refractivity contribution >= 4 is 17.5 Å². The molecule has 0 bridgehead atoms. The minimum atomic E-state index is -0.444. The summed E-state index contributed by atoms with van der Waals surface area (Å²) in [6.45, 7) is 2.25. The summed E-state index contributed by atoms with van der Waals surface area (Å²) in [7, 11) is 0. The van der Waals surface area contributed by atoms with Gasteiger partial charge >= 0.3 is 0 Å². The van der Waals surface area contributed by atoms with Gasteiger partial charge in [0.15, 0.2) is 0 Å². The van der Waals surface area contributed by atoms with E-state index in [1.165, 1.54) is 12.1 Å². The molecule has 1 heterocycles. The fourth-order valence-corrected chi connectivity index (χ4v) is 2.67. The van der Waals surface area contributed by atoms with Crippen molar-refractivity contribution in [2.45, 2.75) is 12.8 Å². The molecule has 2 rings (SSSR count). The first-order valence-corrected chi connectivity index (χ1v) is 7.25. The number of carbonyl (C=O) groups is 1. The molecule has 0 aliphatic carbocycles. The standard InChI is InChI=1S/C16H17ClFNO2/c1-2-9-21-11-12-5-7-19(8-6-12)16(20)14-4-3-13(18)10-15(14)17/h1,3-4,10,12H,5-9,11H2. The molecule has 1 fully saturated rings. The van der Waals surface area contributed by atoms with Gasteiger partial charge in [0.25, 0.3) is 5.91 Å². The summed E-state index contributed by atoms with van der Waals surface area (Å²) in [5, 5.41) is 0.152. The van der Waals surface area contributed by atoms with Crippen LogP contribution < -0.4 is 0 Å². The number of amides is 1. The van der Waals surface area contributed by atoms with E-state index in [1.54, 1.807) is 4.90 Å². The smallest absolute Gasteiger partial charge is 0.255 e. The molecule has 0 atom stereocenters. The Hall–Kier alpha value is -1.57. The number of nitrogens with zero attached hydrogens (tertiary/aromatic N) is 1. The number of hydrogen-bond donors (Lipinski definition) is 0. The van der Waals surface area contributed by atoms with Gasteiger partial charge in [-0.2, -0.15) is 0 Å². The zero-order chi connectivity index (χ0) is 15.2. The fourth-order valence-electron chi connectivity index (χ4n) is 2.42. The van der Waals surface area contributed by atoms with E-state index in [1.807, 2.05) is 0 Å². The SMILES string of the molecule is C#CCOCC1CCN(C(=O)c2ccc(F)cc2Cl)CC1. The number of likely N-dealkylation sites (tertiary alicyclic amines) is 1. The average molecular weight is 310 g/mol. The van der Waals surface area contributed by atoms with Crippen molar-refractivity contribution in [3.05, 3.63) is 34.6 Å². The van der Waals surface area contributed by atoms with Gasteiger partial charge in [-0.3, -0.25) is 4.79 Å². The van der Waals surface area contributed by atoms with Gasteiger partial charge in [-0.1, -0.05) is 17.5 Å². The second-order valence-corrected chi connectivity index (χ2v) is 5.49. The van der Waals surface area contributed by atoms with Crippen molar-refractivity contribution in [2.24, 2.45) is 5.92 Å². The summed E-state index contributed by atoms with van der Waals surface area (Å²) >= 11 is 5.93. The van der Waals surface area contributed by atoms with Crippen molar-refractivity contribution in [3.63, 3.8) is 0 Å². The number of ether oxygens (including phenoxy) is 1. The molecule has 0 radical (unpaired) electrons. The zero-order valence-corrected chi connectivity index (χ0v) is 12.4. The Morgan fingerprint density at radius 2 is 2.19 bits per heavy atom. The fraction of sp³-hybridized carbons (Fsp3) is 0.438. The van der Waals surface area contributed by atoms with Gasteiger partial charge in [0.2, 0.25) is 0 Å². The first-order valence-electron chi connectivity index (χ1n) is 6.87. The summed E-state index contributed by atoms with van der Waals surface area (Å²) in [4.78, 5) is 14.1. The number of hydrogen-bond acceptors (Lipinski definition) is 2. The Bertz CT molecular complexity index is 548. The van der Waals surface area contributed by atoms with Crippen molar-refractivity contribution in [1.29, 1.82) is 0 Å². The van der Waals surface area contributed by atoms with Crippen LogP contribution >= 0.6 is 11.6 Å². The largest absolute Gasteiger partial charge is 0.369 e. The minimum absolute atomic E-state index is 0.150. The lowest BCUT2D eigenvalue weighted by molar-refractivity contribution is 0.0582. The molecule has 1 saturated heterocycles. The predicted octanol–water partition coefficient (Wildman–Crippen LogP) is 2.98. The highest BCUT2D eigenvalue weighted by atomic mass is 35.5. The summed E-state index contributed by atoms with van der Waals surface area (Å²) in [6.07, 6.45) is 6.87. The van der Waals surface area contributed by atoms with E-state index in [9.17, 15) is 9.18 Å². The van der Waals surface area contributed by atoms with Gasteiger partial charge in [-0.15, -0.1) is 6.42 Å². The van der Waals surface area contributed by atoms with Crippen molar-refractivity contribution in [1.82, 2.24) is 4.90 Å². The van der Waals surface area contributed by atoms with Gasteiger partial charge in [0, 0.05) is 13.1 Å². The molecule has 1 amide bonds. The Morgan fingerprint density at radius 1 is 1.48 bits per heavy atom. The van der Waals surface area contributed by atoms with E-state index < -0.39 is 5.82 Å². The minimum Gasteiger partial charge on any atom is -0.369 e. The highest BCUT2D eigenvalue weighted by Gasteiger charge is 2.25. The third kappa shape index (κ3) is 4.20. The van der Waals surface area contributed by atoms with E-state index in [4.69, 9.17) is 22.8 Å². The quantitative estimate of drug-likeness (QED) is 0.632. The monoisotopic (exact) mass is 309 g/mol. The average Bonchev–Trinajstić information content (AvgIpc) is 2.48. The first kappa shape index (κ1) is 15.8. The molecule has 1 aromatic rings. The topological polar surface area (TPSA) is 29.5 Å². The lowest BCUT2D eigenvalue weighted by Gasteiger charge is -2.32. The highest BCUT2D eigenvalue weighted by Crippen LogP contribution is 2.23. The number of carbonyl (C=O) groups excluding carboxylic acids is 1. The Kier molecular flexibility index (Phi) is 5.60. The second kappa shape index (κ2) is 7.44. The van der Waals surface area contributed by atoms with E-state index in [0.29, 0.717) is 37.8 Å². The molecule has 112 valence electrons. The van der Waals surface area contributed by atoms with Crippen LogP contribution in [-0.4, -0.2) is 37.1 Å². The van der Waals surface area contributed by atoms with Crippen LogP contribution in [0, 0.1) is 24.1 Å². The maximum Gasteiger partial charge on any atom is 0.255 e. The number of piperidine rings is 1. The number of halogens is 2. The normalized spacial score (nSPS) is 15.8. The Labute approximate surface area is 129 Å². The molecule has 1 aromatic carbocycles. The maximum absolute atomic E-state index is 13.0. The van der Waals surface area contributed by atoms with Gasteiger partial charge < -0.3 is 9.64 Å². The van der Waals surface area contributed by atoms with Crippen LogP contribution in [0.15, 0.2) is 18.2 Å². The first-order chi connectivity index (χ1) is 10.1. The van der Waals surface area contributed by atoms with Crippen LogP contribution in [0.1, 0.15) is 23.2 Å². The van der Waals surface area contributed by atoms with Crippen LogP contribution in [0.5, 0.6) is 0 Å². The van der Waals surface area contributed by atoms with Gasteiger partial charge in [0.05, 0.1) is 17.2 Å². The molecule has 0 unspecified atom stereocenters. The maximum atomic E-state index is 13.0. The van der Waals surface area contributed by atoms with Crippen LogP contribution in [0.3, 0.4) is 0 Å². The highest BCUT2D eigenvalue weighted by molar-refractivity contribution is 6.33. The van der Waals surface area contributed by atoms with E-state index in [-0.39, 0.29) is 10.9 Å². The van der Waals surface area contributed by atoms with Crippen molar-refractivity contribution in [2.75, 3.05) is 26.3 Å². The third-order valence-electron chi connectivity index (χ3n) is 3.60. The summed E-state index contributed by atoms with van der Waals surface area (Å²) in [5.41, 5.74) is 0.347. The molecule has 0 spiro atoms. The molecule has 1 aliphatic heterocycles.